The van der Waals surface area contributed by atoms with Gasteiger partial charge >= 0.3 is 5.97 Å². The first-order valence-corrected chi connectivity index (χ1v) is 6.31. The minimum Gasteiger partial charge on any atom is -0.492 e. The second-order valence-corrected chi connectivity index (χ2v) is 4.88. The summed E-state index contributed by atoms with van der Waals surface area (Å²) in [7, 11) is 2.47. The third kappa shape index (κ3) is 1.99. The number of aliphatic carboxylic acids is 1. The molecule has 1 aliphatic rings. The van der Waals surface area contributed by atoms with Crippen molar-refractivity contribution in [3.63, 3.8) is 0 Å². The Bertz CT molecular complexity index is 536. The Balaban J connectivity index is 2.72. The summed E-state index contributed by atoms with van der Waals surface area (Å²) in [5.74, 6) is -3.80. The van der Waals surface area contributed by atoms with Crippen LogP contribution in [0.5, 0.6) is 11.5 Å². The van der Waals surface area contributed by atoms with Gasteiger partial charge in [0, 0.05) is 5.56 Å². The van der Waals surface area contributed by atoms with E-state index in [1.54, 1.807) is 0 Å². The molecule has 0 atom stereocenters. The first-order valence-electron chi connectivity index (χ1n) is 6.31. The highest BCUT2D eigenvalue weighted by Crippen LogP contribution is 2.49. The third-order valence-electron chi connectivity index (χ3n) is 3.92. The van der Waals surface area contributed by atoms with Crippen molar-refractivity contribution in [1.29, 1.82) is 0 Å². The summed E-state index contributed by atoms with van der Waals surface area (Å²) in [4.78, 5) is 11.7. The molecule has 0 unspecified atom stereocenters. The Kier molecular flexibility index (Phi) is 3.83. The lowest BCUT2D eigenvalue weighted by atomic mass is 9.78. The number of methoxy groups -OCH3 is 2. The van der Waals surface area contributed by atoms with Gasteiger partial charge in [-0.05, 0) is 18.9 Å². The standard InChI is InChI=1S/C14H16F2O4/c1-19-11-8(7-9(15)10(16)12(11)20-2)14(13(17)18)5-3-4-6-14/h7H,3-6H2,1-2H3,(H,17,18). The molecule has 1 aliphatic carbocycles. The number of benzene rings is 1. The van der Waals surface area contributed by atoms with E-state index in [1.165, 1.54) is 14.2 Å². The quantitative estimate of drug-likeness (QED) is 0.924. The number of hydrogen-bond acceptors (Lipinski definition) is 3. The van der Waals surface area contributed by atoms with Gasteiger partial charge in [0.2, 0.25) is 5.82 Å². The van der Waals surface area contributed by atoms with Crippen LogP contribution in [-0.2, 0) is 10.2 Å². The van der Waals surface area contributed by atoms with Crippen LogP contribution < -0.4 is 9.47 Å². The monoisotopic (exact) mass is 286 g/mol. The van der Waals surface area contributed by atoms with Crippen LogP contribution in [0, 0.1) is 11.6 Å². The molecule has 0 aromatic heterocycles. The van der Waals surface area contributed by atoms with Gasteiger partial charge in [0.15, 0.2) is 17.3 Å². The second-order valence-electron chi connectivity index (χ2n) is 4.88. The molecule has 0 heterocycles. The van der Waals surface area contributed by atoms with Crippen LogP contribution in [0.2, 0.25) is 0 Å². The molecule has 0 saturated heterocycles. The number of carbonyl (C=O) groups is 1. The number of rotatable bonds is 4. The number of carboxylic acids is 1. The molecule has 1 aromatic carbocycles. The lowest BCUT2D eigenvalue weighted by Crippen LogP contribution is -2.33. The number of ether oxygens (including phenoxy) is 2. The topological polar surface area (TPSA) is 55.8 Å². The molecule has 0 spiro atoms. The average Bonchev–Trinajstić information content (AvgIpc) is 2.91. The summed E-state index contributed by atoms with van der Waals surface area (Å²) < 4.78 is 37.4. The van der Waals surface area contributed by atoms with Crippen molar-refractivity contribution in [2.45, 2.75) is 31.1 Å². The fraction of sp³-hybridized carbons (Fsp3) is 0.500. The Hall–Kier alpha value is -1.85. The molecule has 0 aliphatic heterocycles. The predicted octanol–water partition coefficient (Wildman–Crippen LogP) is 2.88. The Morgan fingerprint density at radius 3 is 2.20 bits per heavy atom. The normalized spacial score (nSPS) is 17.0. The molecule has 6 heteroatoms. The molecule has 0 radical (unpaired) electrons. The molecule has 0 bridgehead atoms. The highest BCUT2D eigenvalue weighted by Gasteiger charge is 2.46. The van der Waals surface area contributed by atoms with Gasteiger partial charge in [-0.2, -0.15) is 4.39 Å². The molecule has 2 rings (SSSR count). The van der Waals surface area contributed by atoms with Gasteiger partial charge in [0.1, 0.15) is 0 Å². The maximum absolute atomic E-state index is 13.7. The summed E-state index contributed by atoms with van der Waals surface area (Å²) in [6.07, 6.45) is 2.17. The maximum Gasteiger partial charge on any atom is 0.314 e. The summed E-state index contributed by atoms with van der Waals surface area (Å²) >= 11 is 0. The van der Waals surface area contributed by atoms with Crippen LogP contribution in [0.4, 0.5) is 8.78 Å². The van der Waals surface area contributed by atoms with Crippen LogP contribution in [0.3, 0.4) is 0 Å². The van der Waals surface area contributed by atoms with Crippen LogP contribution in [-0.4, -0.2) is 25.3 Å². The number of hydrogen-bond donors (Lipinski definition) is 1. The van der Waals surface area contributed by atoms with Crippen LogP contribution >= 0.6 is 0 Å². The number of halogens is 2. The highest BCUT2D eigenvalue weighted by atomic mass is 19.2. The molecule has 4 nitrogen and oxygen atoms in total. The molecule has 1 N–H and O–H groups in total. The zero-order valence-corrected chi connectivity index (χ0v) is 11.3. The van der Waals surface area contributed by atoms with Gasteiger partial charge in [-0.1, -0.05) is 12.8 Å². The third-order valence-corrected chi connectivity index (χ3v) is 3.92. The van der Waals surface area contributed by atoms with E-state index in [-0.39, 0.29) is 11.3 Å². The summed E-state index contributed by atoms with van der Waals surface area (Å²) in [6, 6.07) is 0.913. The van der Waals surface area contributed by atoms with Gasteiger partial charge in [-0.3, -0.25) is 4.79 Å². The largest absolute Gasteiger partial charge is 0.492 e. The van der Waals surface area contributed by atoms with Gasteiger partial charge in [-0.25, -0.2) is 4.39 Å². The smallest absolute Gasteiger partial charge is 0.314 e. The Labute approximate surface area is 115 Å². The molecule has 1 aromatic rings. The summed E-state index contributed by atoms with van der Waals surface area (Å²) in [5.41, 5.74) is -1.10. The van der Waals surface area contributed by atoms with Crippen molar-refractivity contribution in [1.82, 2.24) is 0 Å². The number of carboxylic acid groups (broad SMARTS) is 1. The van der Waals surface area contributed by atoms with E-state index in [1.807, 2.05) is 0 Å². The zero-order valence-electron chi connectivity index (χ0n) is 11.3. The van der Waals surface area contributed by atoms with Crippen molar-refractivity contribution < 1.29 is 28.2 Å². The molecular weight excluding hydrogens is 270 g/mol. The van der Waals surface area contributed by atoms with Gasteiger partial charge in [0.05, 0.1) is 19.6 Å². The van der Waals surface area contributed by atoms with E-state index in [2.05, 4.69) is 0 Å². The van der Waals surface area contributed by atoms with Crippen molar-refractivity contribution in [3.05, 3.63) is 23.3 Å². The van der Waals surface area contributed by atoms with E-state index < -0.39 is 28.8 Å². The molecular formula is C14H16F2O4. The van der Waals surface area contributed by atoms with Crippen molar-refractivity contribution >= 4 is 5.97 Å². The molecule has 110 valence electrons. The van der Waals surface area contributed by atoms with Crippen LogP contribution in [0.1, 0.15) is 31.2 Å². The highest BCUT2D eigenvalue weighted by molar-refractivity contribution is 5.83. The van der Waals surface area contributed by atoms with Crippen molar-refractivity contribution in [2.24, 2.45) is 0 Å². The average molecular weight is 286 g/mol. The minimum atomic E-state index is -1.24. The van der Waals surface area contributed by atoms with E-state index in [4.69, 9.17) is 9.47 Å². The second kappa shape index (κ2) is 5.26. The Morgan fingerprint density at radius 1 is 1.20 bits per heavy atom. The lowest BCUT2D eigenvalue weighted by Gasteiger charge is -2.27. The van der Waals surface area contributed by atoms with Crippen LogP contribution in [0.15, 0.2) is 6.07 Å². The van der Waals surface area contributed by atoms with Crippen molar-refractivity contribution in [2.75, 3.05) is 14.2 Å². The van der Waals surface area contributed by atoms with Crippen LogP contribution in [0.25, 0.3) is 0 Å². The lowest BCUT2D eigenvalue weighted by molar-refractivity contribution is -0.143. The molecule has 0 amide bonds. The SMILES string of the molecule is COc1c(C2(C(=O)O)CCCC2)cc(F)c(F)c1OC. The van der Waals surface area contributed by atoms with Gasteiger partial charge in [-0.15, -0.1) is 0 Å². The van der Waals surface area contributed by atoms with E-state index in [0.717, 1.165) is 18.9 Å². The predicted molar refractivity (Wildman–Crippen MR) is 67.2 cm³/mol. The van der Waals surface area contributed by atoms with Gasteiger partial charge < -0.3 is 14.6 Å². The first kappa shape index (κ1) is 14.6. The summed E-state index contributed by atoms with van der Waals surface area (Å²) in [6.45, 7) is 0. The van der Waals surface area contributed by atoms with E-state index >= 15 is 0 Å². The van der Waals surface area contributed by atoms with Gasteiger partial charge in [0.25, 0.3) is 0 Å². The molecule has 1 fully saturated rings. The van der Waals surface area contributed by atoms with E-state index in [9.17, 15) is 18.7 Å². The molecule has 1 saturated carbocycles. The minimum absolute atomic E-state index is 0.0456. The fourth-order valence-electron chi connectivity index (χ4n) is 2.90. The fourth-order valence-corrected chi connectivity index (χ4v) is 2.90. The zero-order chi connectivity index (χ0) is 14.9. The summed E-state index contributed by atoms with van der Waals surface area (Å²) in [5, 5.41) is 9.55. The van der Waals surface area contributed by atoms with Crippen molar-refractivity contribution in [3.8, 4) is 11.5 Å². The maximum atomic E-state index is 13.7. The first-order chi connectivity index (χ1) is 9.47. The molecule has 20 heavy (non-hydrogen) atoms. The Morgan fingerprint density at radius 2 is 1.75 bits per heavy atom. The van der Waals surface area contributed by atoms with E-state index in [0.29, 0.717) is 12.8 Å².